The van der Waals surface area contributed by atoms with Crippen LogP contribution in [0.1, 0.15) is 26.7 Å². The predicted molar refractivity (Wildman–Crippen MR) is 82.0 cm³/mol. The number of nitrogens with one attached hydrogen (secondary N) is 1. The van der Waals surface area contributed by atoms with Gasteiger partial charge in [-0.25, -0.2) is 8.42 Å². The van der Waals surface area contributed by atoms with Gasteiger partial charge in [0, 0.05) is 31.9 Å². The molecule has 0 bridgehead atoms. The lowest BCUT2D eigenvalue weighted by Crippen LogP contribution is -2.36. The van der Waals surface area contributed by atoms with E-state index in [4.69, 9.17) is 0 Å². The smallest absolute Gasteiger partial charge is 0.291 e. The van der Waals surface area contributed by atoms with Crippen LogP contribution in [0.4, 0.5) is 11.4 Å². The Hall–Kier alpha value is -1.67. The number of sulfonamides is 1. The normalized spacial score (nSPS) is 11.9. The fraction of sp³-hybridized carbons (Fsp3) is 0.538. The first-order valence-corrected chi connectivity index (χ1v) is 8.17. The van der Waals surface area contributed by atoms with Crippen LogP contribution in [0.25, 0.3) is 0 Å². The summed E-state index contributed by atoms with van der Waals surface area (Å²) in [5, 5.41) is 13.9. The second-order valence-electron chi connectivity index (χ2n) is 4.68. The van der Waals surface area contributed by atoms with E-state index in [1.54, 1.807) is 7.05 Å². The van der Waals surface area contributed by atoms with Gasteiger partial charge in [0.2, 0.25) is 10.0 Å². The SMILES string of the molecule is CCC(CC)N(C)S(=O)(=O)c1ccc(NC)cc1[N+](=O)[O-]. The number of rotatable bonds is 7. The van der Waals surface area contributed by atoms with Crippen LogP contribution in [0, 0.1) is 10.1 Å². The molecule has 1 aromatic carbocycles. The van der Waals surface area contributed by atoms with E-state index < -0.39 is 20.6 Å². The van der Waals surface area contributed by atoms with Crippen molar-refractivity contribution < 1.29 is 13.3 Å². The van der Waals surface area contributed by atoms with Crippen molar-refractivity contribution in [2.24, 2.45) is 0 Å². The highest BCUT2D eigenvalue weighted by atomic mass is 32.2. The summed E-state index contributed by atoms with van der Waals surface area (Å²) in [6.07, 6.45) is 1.29. The van der Waals surface area contributed by atoms with Gasteiger partial charge in [0.1, 0.15) is 0 Å². The molecule has 0 aliphatic heterocycles. The summed E-state index contributed by atoms with van der Waals surface area (Å²) in [6.45, 7) is 3.78. The molecular weight excluding hydrogens is 294 g/mol. The van der Waals surface area contributed by atoms with Gasteiger partial charge in [0.15, 0.2) is 4.90 Å². The first-order valence-electron chi connectivity index (χ1n) is 6.73. The van der Waals surface area contributed by atoms with Gasteiger partial charge in [-0.15, -0.1) is 0 Å². The van der Waals surface area contributed by atoms with Crippen LogP contribution in [0.3, 0.4) is 0 Å². The fourth-order valence-electron chi connectivity index (χ4n) is 2.19. The van der Waals surface area contributed by atoms with E-state index in [1.165, 1.54) is 29.6 Å². The molecule has 21 heavy (non-hydrogen) atoms. The minimum absolute atomic E-state index is 0.182. The molecule has 0 spiro atoms. The molecule has 0 aromatic heterocycles. The number of nitro groups is 1. The predicted octanol–water partition coefficient (Wildman–Crippen LogP) is 2.45. The highest BCUT2D eigenvalue weighted by Gasteiger charge is 2.32. The maximum Gasteiger partial charge on any atom is 0.291 e. The van der Waals surface area contributed by atoms with Crippen LogP contribution < -0.4 is 5.32 Å². The number of hydrogen-bond donors (Lipinski definition) is 1. The lowest BCUT2D eigenvalue weighted by molar-refractivity contribution is -0.387. The average Bonchev–Trinajstić information content (AvgIpc) is 2.47. The second kappa shape index (κ2) is 6.86. The molecule has 1 N–H and O–H groups in total. The van der Waals surface area contributed by atoms with Gasteiger partial charge < -0.3 is 5.32 Å². The minimum Gasteiger partial charge on any atom is -0.388 e. The molecule has 0 unspecified atom stereocenters. The Balaban J connectivity index is 3.40. The number of benzene rings is 1. The third-order valence-electron chi connectivity index (χ3n) is 3.56. The van der Waals surface area contributed by atoms with Gasteiger partial charge in [0.05, 0.1) is 4.92 Å². The maximum atomic E-state index is 12.6. The first-order chi connectivity index (χ1) is 9.79. The van der Waals surface area contributed by atoms with Crippen LogP contribution in [-0.4, -0.2) is 37.8 Å². The molecule has 0 atom stereocenters. The van der Waals surface area contributed by atoms with E-state index in [-0.39, 0.29) is 10.9 Å². The van der Waals surface area contributed by atoms with Gasteiger partial charge in [-0.1, -0.05) is 13.8 Å². The second-order valence-corrected chi connectivity index (χ2v) is 6.65. The van der Waals surface area contributed by atoms with Crippen LogP contribution in [0.2, 0.25) is 0 Å². The van der Waals surface area contributed by atoms with Crippen LogP contribution in [0.5, 0.6) is 0 Å². The summed E-state index contributed by atoms with van der Waals surface area (Å²) in [7, 11) is -0.824. The minimum atomic E-state index is -3.90. The lowest BCUT2D eigenvalue weighted by Gasteiger charge is -2.25. The number of anilines is 1. The number of nitrogens with zero attached hydrogens (tertiary/aromatic N) is 2. The molecule has 0 radical (unpaired) electrons. The summed E-state index contributed by atoms with van der Waals surface area (Å²) in [4.78, 5) is 10.2. The molecule has 1 rings (SSSR count). The van der Waals surface area contributed by atoms with Crippen molar-refractivity contribution in [2.45, 2.75) is 37.6 Å². The maximum absolute atomic E-state index is 12.6. The molecule has 0 aliphatic carbocycles. The third-order valence-corrected chi connectivity index (χ3v) is 5.52. The average molecular weight is 315 g/mol. The van der Waals surface area contributed by atoms with Crippen LogP contribution >= 0.6 is 0 Å². The molecule has 0 saturated carbocycles. The topological polar surface area (TPSA) is 92.6 Å². The van der Waals surface area contributed by atoms with Crippen molar-refractivity contribution in [1.82, 2.24) is 4.31 Å². The van der Waals surface area contributed by atoms with Crippen LogP contribution in [-0.2, 0) is 10.0 Å². The molecule has 0 fully saturated rings. The zero-order valence-corrected chi connectivity index (χ0v) is 13.5. The standard InChI is InChI=1S/C13H21N3O4S/c1-5-11(6-2)15(4)21(19,20)13-8-7-10(14-3)9-12(13)16(17)18/h7-9,11,14H,5-6H2,1-4H3. The Bertz CT molecular complexity index is 612. The van der Waals surface area contributed by atoms with Crippen molar-refractivity contribution in [3.05, 3.63) is 28.3 Å². The van der Waals surface area contributed by atoms with E-state index in [9.17, 15) is 18.5 Å². The largest absolute Gasteiger partial charge is 0.388 e. The molecule has 0 amide bonds. The van der Waals surface area contributed by atoms with Gasteiger partial charge in [-0.3, -0.25) is 10.1 Å². The molecule has 7 nitrogen and oxygen atoms in total. The van der Waals surface area contributed by atoms with E-state index in [2.05, 4.69) is 5.32 Å². The molecule has 118 valence electrons. The van der Waals surface area contributed by atoms with E-state index in [1.807, 2.05) is 13.8 Å². The van der Waals surface area contributed by atoms with Gasteiger partial charge in [0.25, 0.3) is 5.69 Å². The first kappa shape index (κ1) is 17.4. The Morgan fingerprint density at radius 3 is 2.33 bits per heavy atom. The molecule has 8 heteroatoms. The number of hydrogen-bond acceptors (Lipinski definition) is 5. The Labute approximate surface area is 125 Å². The lowest BCUT2D eigenvalue weighted by atomic mass is 10.2. The third kappa shape index (κ3) is 3.51. The Morgan fingerprint density at radius 2 is 1.90 bits per heavy atom. The van der Waals surface area contributed by atoms with Crippen molar-refractivity contribution in [1.29, 1.82) is 0 Å². The van der Waals surface area contributed by atoms with Crippen molar-refractivity contribution in [3.8, 4) is 0 Å². The summed E-state index contributed by atoms with van der Waals surface area (Å²) in [6, 6.07) is 3.84. The summed E-state index contributed by atoms with van der Waals surface area (Å²) in [5.74, 6) is 0. The van der Waals surface area contributed by atoms with E-state index >= 15 is 0 Å². The number of nitro benzene ring substituents is 1. The van der Waals surface area contributed by atoms with Crippen molar-refractivity contribution >= 4 is 21.4 Å². The highest BCUT2D eigenvalue weighted by molar-refractivity contribution is 7.89. The molecule has 0 saturated heterocycles. The van der Waals surface area contributed by atoms with Crippen molar-refractivity contribution in [3.63, 3.8) is 0 Å². The van der Waals surface area contributed by atoms with Gasteiger partial charge >= 0.3 is 0 Å². The van der Waals surface area contributed by atoms with Gasteiger partial charge in [-0.05, 0) is 25.0 Å². The van der Waals surface area contributed by atoms with Crippen molar-refractivity contribution in [2.75, 3.05) is 19.4 Å². The monoisotopic (exact) mass is 315 g/mol. The van der Waals surface area contributed by atoms with Crippen LogP contribution in [0.15, 0.2) is 23.1 Å². The fourth-order valence-corrected chi connectivity index (χ4v) is 3.83. The highest BCUT2D eigenvalue weighted by Crippen LogP contribution is 2.30. The van der Waals surface area contributed by atoms with Gasteiger partial charge in [-0.2, -0.15) is 4.31 Å². The summed E-state index contributed by atoms with van der Waals surface area (Å²) >= 11 is 0. The zero-order chi connectivity index (χ0) is 16.2. The Morgan fingerprint density at radius 1 is 1.33 bits per heavy atom. The summed E-state index contributed by atoms with van der Waals surface area (Å²) in [5.41, 5.74) is 0.0745. The molecule has 0 aliphatic rings. The zero-order valence-electron chi connectivity index (χ0n) is 12.7. The summed E-state index contributed by atoms with van der Waals surface area (Å²) < 4.78 is 26.5. The molecule has 0 heterocycles. The van der Waals surface area contributed by atoms with E-state index in [0.717, 1.165) is 0 Å². The quantitative estimate of drug-likeness (QED) is 0.616. The Kier molecular flexibility index (Phi) is 5.68. The van der Waals surface area contributed by atoms with E-state index in [0.29, 0.717) is 18.5 Å². The molecule has 1 aromatic rings. The molecular formula is C13H21N3O4S.